The normalized spacial score (nSPS) is 24.1. The molecule has 0 bridgehead atoms. The third kappa shape index (κ3) is 3.70. The first-order valence-corrected chi connectivity index (χ1v) is 9.07. The quantitative estimate of drug-likeness (QED) is 0.309. The van der Waals surface area contributed by atoms with Crippen LogP contribution in [0.1, 0.15) is 30.9 Å². The van der Waals surface area contributed by atoms with E-state index in [1.165, 1.54) is 6.07 Å². The van der Waals surface area contributed by atoms with Crippen LogP contribution in [0.25, 0.3) is 0 Å². The summed E-state index contributed by atoms with van der Waals surface area (Å²) in [7, 11) is 0. The van der Waals surface area contributed by atoms with E-state index in [1.54, 1.807) is 25.1 Å². The molecule has 1 aromatic carbocycles. The Hall–Kier alpha value is -3.50. The van der Waals surface area contributed by atoms with Gasteiger partial charge >= 0.3 is 23.9 Å². The van der Waals surface area contributed by atoms with E-state index in [9.17, 15) is 44.8 Å². The third-order valence-electron chi connectivity index (χ3n) is 5.23. The number of hydroxylamine groups is 3. The van der Waals surface area contributed by atoms with E-state index >= 15 is 0 Å². The lowest BCUT2D eigenvalue weighted by atomic mass is 9.71. The number of quaternary nitrogens is 1. The van der Waals surface area contributed by atoms with Gasteiger partial charge in [-0.2, -0.15) is 0 Å². The van der Waals surface area contributed by atoms with E-state index in [-0.39, 0.29) is 31.4 Å². The number of carboxylic acid groups (broad SMARTS) is 4. The van der Waals surface area contributed by atoms with Crippen LogP contribution in [0, 0.1) is 0 Å². The standard InChI is InChI=1S/C20H21NO9/c1-2-8-20(14(18(26)27)10-16(22)23)13-6-4-3-5-12(13)7-9-21(20,30)15(19(28)29)11-17(24)25/h3-6,10-11,30H,2,7-9H2,1H3,(H3-,22,23,24,25,26,27,28,29)/p+1. The summed E-state index contributed by atoms with van der Waals surface area (Å²) in [6, 6.07) is 6.40. The molecule has 5 N–H and O–H groups in total. The molecule has 0 saturated heterocycles. The minimum Gasteiger partial charge on any atom is -0.478 e. The van der Waals surface area contributed by atoms with Crippen LogP contribution in [0.15, 0.2) is 47.7 Å². The summed E-state index contributed by atoms with van der Waals surface area (Å²) < 4.78 is -1.59. The van der Waals surface area contributed by atoms with Crippen LogP contribution in [0.4, 0.5) is 0 Å². The number of benzene rings is 1. The average Bonchev–Trinajstić information content (AvgIpc) is 2.66. The summed E-state index contributed by atoms with van der Waals surface area (Å²) >= 11 is 0. The molecule has 160 valence electrons. The monoisotopic (exact) mass is 420 g/mol. The fraction of sp³-hybridized carbons (Fsp3) is 0.300. The van der Waals surface area contributed by atoms with Crippen LogP contribution in [0.5, 0.6) is 0 Å². The number of nitrogens with zero attached hydrogens (tertiary/aromatic N) is 1. The Bertz CT molecular complexity index is 965. The van der Waals surface area contributed by atoms with Gasteiger partial charge in [0.15, 0.2) is 5.54 Å². The largest absolute Gasteiger partial charge is 0.478 e. The minimum absolute atomic E-state index is 0.113. The van der Waals surface area contributed by atoms with E-state index in [4.69, 9.17) is 0 Å². The molecule has 2 atom stereocenters. The SMILES string of the molecule is CCCC1(C(=CC(=O)O)C(=O)O)c2ccccc2CC[N+]1(O)C(=CC(=O)O)C(=O)O. The summed E-state index contributed by atoms with van der Waals surface area (Å²) in [6.07, 6.45) is 0.919. The van der Waals surface area contributed by atoms with Crippen molar-refractivity contribution >= 4 is 23.9 Å². The fourth-order valence-corrected chi connectivity index (χ4v) is 4.23. The van der Waals surface area contributed by atoms with Gasteiger partial charge in [0, 0.05) is 24.5 Å². The second kappa shape index (κ2) is 8.47. The maximum atomic E-state index is 12.2. The Morgan fingerprint density at radius 3 is 2.10 bits per heavy atom. The zero-order valence-corrected chi connectivity index (χ0v) is 16.1. The number of fused-ring (bicyclic) bond motifs is 1. The number of hydrogen-bond donors (Lipinski definition) is 5. The van der Waals surface area contributed by atoms with Gasteiger partial charge in [-0.1, -0.05) is 31.2 Å². The first-order chi connectivity index (χ1) is 14.0. The summed E-state index contributed by atoms with van der Waals surface area (Å²) in [5.41, 5.74) is -2.94. The van der Waals surface area contributed by atoms with Crippen LogP contribution in [0.3, 0.4) is 0 Å². The van der Waals surface area contributed by atoms with Crippen molar-refractivity contribution in [3.05, 3.63) is 58.8 Å². The third-order valence-corrected chi connectivity index (χ3v) is 5.23. The smallest absolute Gasteiger partial charge is 0.393 e. The Morgan fingerprint density at radius 2 is 1.60 bits per heavy atom. The van der Waals surface area contributed by atoms with E-state index in [1.807, 2.05) is 0 Å². The van der Waals surface area contributed by atoms with Gasteiger partial charge in [0.1, 0.15) is 12.1 Å². The molecule has 0 aromatic heterocycles. The molecule has 0 aliphatic carbocycles. The number of carbonyl (C=O) groups is 4. The molecule has 2 rings (SSSR count). The van der Waals surface area contributed by atoms with Crippen molar-refractivity contribution in [3.8, 4) is 0 Å². The van der Waals surface area contributed by atoms with Gasteiger partial charge in [0.25, 0.3) is 5.70 Å². The molecule has 10 heteroatoms. The second-order valence-corrected chi connectivity index (χ2v) is 6.88. The first-order valence-electron chi connectivity index (χ1n) is 9.07. The van der Waals surface area contributed by atoms with Crippen molar-refractivity contribution in [1.82, 2.24) is 0 Å². The van der Waals surface area contributed by atoms with Crippen LogP contribution in [-0.2, 0) is 31.1 Å². The minimum atomic E-state index is -2.06. The van der Waals surface area contributed by atoms with Gasteiger partial charge in [-0.3, -0.25) is 0 Å². The van der Waals surface area contributed by atoms with Gasteiger partial charge in [0.05, 0.1) is 6.08 Å². The van der Waals surface area contributed by atoms with Gasteiger partial charge in [-0.15, -0.1) is 4.65 Å². The highest BCUT2D eigenvalue weighted by Crippen LogP contribution is 2.51. The van der Waals surface area contributed by atoms with E-state index in [0.717, 1.165) is 0 Å². The second-order valence-electron chi connectivity index (χ2n) is 6.88. The number of hydrogen-bond acceptors (Lipinski definition) is 5. The Morgan fingerprint density at radius 1 is 1.00 bits per heavy atom. The van der Waals surface area contributed by atoms with Crippen molar-refractivity contribution in [2.24, 2.45) is 0 Å². The Balaban J connectivity index is 3.08. The molecule has 0 spiro atoms. The zero-order valence-electron chi connectivity index (χ0n) is 16.1. The predicted octanol–water partition coefficient (Wildman–Crippen LogP) is 1.59. The molecule has 2 unspecified atom stereocenters. The van der Waals surface area contributed by atoms with E-state index < -0.39 is 45.3 Å². The lowest BCUT2D eigenvalue weighted by molar-refractivity contribution is -1.11. The number of aliphatic carboxylic acids is 4. The Kier molecular flexibility index (Phi) is 6.44. The molecule has 1 aliphatic heterocycles. The van der Waals surface area contributed by atoms with Crippen molar-refractivity contribution in [2.75, 3.05) is 6.54 Å². The molecule has 1 aromatic rings. The molecule has 1 heterocycles. The maximum Gasteiger partial charge on any atom is 0.393 e. The maximum absolute atomic E-state index is 12.2. The molecule has 0 amide bonds. The number of rotatable bonds is 8. The molecule has 0 saturated carbocycles. The van der Waals surface area contributed by atoms with Crippen LogP contribution in [-0.4, -0.2) is 60.7 Å². The van der Waals surface area contributed by atoms with Crippen molar-refractivity contribution in [2.45, 2.75) is 31.7 Å². The fourth-order valence-electron chi connectivity index (χ4n) is 4.23. The topological polar surface area (TPSA) is 169 Å². The van der Waals surface area contributed by atoms with Gasteiger partial charge in [-0.05, 0) is 12.0 Å². The average molecular weight is 420 g/mol. The van der Waals surface area contributed by atoms with Crippen LogP contribution >= 0.6 is 0 Å². The van der Waals surface area contributed by atoms with E-state index in [2.05, 4.69) is 0 Å². The van der Waals surface area contributed by atoms with Crippen molar-refractivity contribution in [3.63, 3.8) is 0 Å². The Labute approximate surface area is 171 Å². The van der Waals surface area contributed by atoms with Gasteiger partial charge in [-0.25, -0.2) is 24.4 Å². The molecule has 30 heavy (non-hydrogen) atoms. The first kappa shape index (κ1) is 22.8. The predicted molar refractivity (Wildman–Crippen MR) is 100 cm³/mol. The van der Waals surface area contributed by atoms with Crippen LogP contribution < -0.4 is 0 Å². The lowest BCUT2D eigenvalue weighted by Crippen LogP contribution is -2.65. The number of carboxylic acids is 4. The molecule has 1 aliphatic rings. The highest BCUT2D eigenvalue weighted by molar-refractivity contribution is 5.97. The highest BCUT2D eigenvalue weighted by atomic mass is 16.6. The molecule has 10 nitrogen and oxygen atoms in total. The molecular formula is C20H22NO9+. The van der Waals surface area contributed by atoms with Crippen molar-refractivity contribution in [1.29, 1.82) is 0 Å². The van der Waals surface area contributed by atoms with E-state index in [0.29, 0.717) is 17.7 Å². The summed E-state index contributed by atoms with van der Waals surface area (Å²) in [5, 5.41) is 49.8. The van der Waals surface area contributed by atoms with Crippen LogP contribution in [0.2, 0.25) is 0 Å². The highest BCUT2D eigenvalue weighted by Gasteiger charge is 2.63. The van der Waals surface area contributed by atoms with Gasteiger partial charge < -0.3 is 20.4 Å². The molecule has 0 radical (unpaired) electrons. The summed E-state index contributed by atoms with van der Waals surface area (Å²) in [6.45, 7) is 1.29. The van der Waals surface area contributed by atoms with Gasteiger partial charge in [0.2, 0.25) is 0 Å². The summed E-state index contributed by atoms with van der Waals surface area (Å²) in [4.78, 5) is 46.9. The molecular weight excluding hydrogens is 398 g/mol. The molecule has 0 fully saturated rings. The van der Waals surface area contributed by atoms with Crippen molar-refractivity contribution < 1.29 is 49.5 Å². The summed E-state index contributed by atoms with van der Waals surface area (Å²) in [5.74, 6) is -6.68. The lowest BCUT2D eigenvalue weighted by Gasteiger charge is -2.50. The zero-order chi connectivity index (χ0) is 22.7.